The third-order valence-electron chi connectivity index (χ3n) is 6.19. The largest absolute Gasteiger partial charge is 0.383 e. The van der Waals surface area contributed by atoms with Gasteiger partial charge in [0.05, 0.1) is 11.6 Å². The fourth-order valence-corrected chi connectivity index (χ4v) is 4.83. The molecular weight excluding hydrogens is 353 g/mol. The SMILES string of the molecule is COCC1(NCCC2CCC(c3cccc(F)c3Cl)CC2)CCOCC1. The van der Waals surface area contributed by atoms with Gasteiger partial charge in [-0.15, -0.1) is 0 Å². The van der Waals surface area contributed by atoms with E-state index in [1.54, 1.807) is 13.2 Å². The Morgan fingerprint density at radius 2 is 1.96 bits per heavy atom. The van der Waals surface area contributed by atoms with Gasteiger partial charge in [0, 0.05) is 25.9 Å². The third-order valence-corrected chi connectivity index (χ3v) is 6.59. The van der Waals surface area contributed by atoms with Crippen molar-refractivity contribution in [2.75, 3.05) is 33.5 Å². The highest BCUT2D eigenvalue weighted by atomic mass is 35.5. The van der Waals surface area contributed by atoms with E-state index in [9.17, 15) is 4.39 Å². The van der Waals surface area contributed by atoms with Crippen LogP contribution >= 0.6 is 11.6 Å². The van der Waals surface area contributed by atoms with E-state index in [2.05, 4.69) is 5.32 Å². The first kappa shape index (κ1) is 20.1. The summed E-state index contributed by atoms with van der Waals surface area (Å²) in [7, 11) is 1.78. The highest BCUT2D eigenvalue weighted by molar-refractivity contribution is 6.31. The Hall–Kier alpha value is -0.680. The lowest BCUT2D eigenvalue weighted by Crippen LogP contribution is -2.53. The van der Waals surface area contributed by atoms with E-state index in [-0.39, 0.29) is 11.4 Å². The predicted molar refractivity (Wildman–Crippen MR) is 103 cm³/mol. The fourth-order valence-electron chi connectivity index (χ4n) is 4.55. The number of nitrogens with one attached hydrogen (secondary N) is 1. The van der Waals surface area contributed by atoms with Gasteiger partial charge >= 0.3 is 0 Å². The van der Waals surface area contributed by atoms with Crippen molar-refractivity contribution in [1.29, 1.82) is 0 Å². The van der Waals surface area contributed by atoms with Crippen LogP contribution in [0.5, 0.6) is 0 Å². The molecule has 1 aliphatic carbocycles. The second-order valence-electron chi connectivity index (χ2n) is 7.90. The molecule has 1 N–H and O–H groups in total. The van der Waals surface area contributed by atoms with Gasteiger partial charge in [0.1, 0.15) is 5.82 Å². The van der Waals surface area contributed by atoms with Gasteiger partial charge in [0.2, 0.25) is 0 Å². The van der Waals surface area contributed by atoms with Crippen LogP contribution in [0.3, 0.4) is 0 Å². The van der Waals surface area contributed by atoms with Gasteiger partial charge in [0.15, 0.2) is 0 Å². The van der Waals surface area contributed by atoms with Crippen LogP contribution in [0.2, 0.25) is 5.02 Å². The Balaban J connectivity index is 1.44. The maximum absolute atomic E-state index is 13.7. The smallest absolute Gasteiger partial charge is 0.142 e. The standard InChI is InChI=1S/C21H31ClFNO2/c1-25-15-21(10-13-26-14-11-21)24-12-9-16-5-7-17(8-6-16)18-3-2-4-19(23)20(18)22/h2-4,16-17,24H,5-15H2,1H3. The van der Waals surface area contributed by atoms with Crippen molar-refractivity contribution in [3.05, 3.63) is 34.6 Å². The number of halogens is 2. The van der Waals surface area contributed by atoms with Crippen molar-refractivity contribution in [1.82, 2.24) is 5.32 Å². The van der Waals surface area contributed by atoms with Crippen molar-refractivity contribution >= 4 is 11.6 Å². The van der Waals surface area contributed by atoms with Gasteiger partial charge in [-0.1, -0.05) is 23.7 Å². The summed E-state index contributed by atoms with van der Waals surface area (Å²) in [5.41, 5.74) is 1.07. The molecule has 1 saturated carbocycles. The number of ether oxygens (including phenoxy) is 2. The van der Waals surface area contributed by atoms with E-state index in [0.717, 1.165) is 63.5 Å². The lowest BCUT2D eigenvalue weighted by molar-refractivity contribution is 0.0000476. The van der Waals surface area contributed by atoms with E-state index in [1.165, 1.54) is 25.3 Å². The monoisotopic (exact) mass is 383 g/mol. The van der Waals surface area contributed by atoms with Gasteiger partial charge in [-0.25, -0.2) is 4.39 Å². The number of benzene rings is 1. The summed E-state index contributed by atoms with van der Waals surface area (Å²) in [6.07, 6.45) is 7.82. The van der Waals surface area contributed by atoms with Gasteiger partial charge < -0.3 is 14.8 Å². The summed E-state index contributed by atoms with van der Waals surface area (Å²) in [6, 6.07) is 5.20. The zero-order chi connectivity index (χ0) is 18.4. The second-order valence-corrected chi connectivity index (χ2v) is 8.28. The van der Waals surface area contributed by atoms with Crippen LogP contribution in [0.25, 0.3) is 0 Å². The summed E-state index contributed by atoms with van der Waals surface area (Å²) in [5.74, 6) is 0.846. The maximum atomic E-state index is 13.7. The van der Waals surface area contributed by atoms with Crippen molar-refractivity contribution in [2.45, 2.75) is 56.4 Å². The first-order valence-corrected chi connectivity index (χ1v) is 10.3. The van der Waals surface area contributed by atoms with Crippen molar-refractivity contribution in [2.24, 2.45) is 5.92 Å². The molecule has 1 aromatic rings. The molecule has 2 aliphatic rings. The Labute approximate surface area is 161 Å². The molecule has 2 fully saturated rings. The molecule has 1 saturated heterocycles. The molecule has 0 atom stereocenters. The molecule has 1 aromatic carbocycles. The molecule has 0 spiro atoms. The third kappa shape index (κ3) is 4.98. The van der Waals surface area contributed by atoms with Crippen LogP contribution in [0, 0.1) is 11.7 Å². The van der Waals surface area contributed by atoms with E-state index in [4.69, 9.17) is 21.1 Å². The van der Waals surface area contributed by atoms with Gasteiger partial charge in [-0.2, -0.15) is 0 Å². The lowest BCUT2D eigenvalue weighted by atomic mass is 9.77. The Morgan fingerprint density at radius 1 is 1.23 bits per heavy atom. The minimum Gasteiger partial charge on any atom is -0.383 e. The molecule has 5 heteroatoms. The molecule has 1 aliphatic heterocycles. The molecule has 0 amide bonds. The van der Waals surface area contributed by atoms with Crippen molar-refractivity contribution in [3.63, 3.8) is 0 Å². The van der Waals surface area contributed by atoms with Crippen molar-refractivity contribution < 1.29 is 13.9 Å². The first-order valence-electron chi connectivity index (χ1n) is 9.89. The normalized spacial score (nSPS) is 26.0. The molecule has 3 rings (SSSR count). The highest BCUT2D eigenvalue weighted by Gasteiger charge is 2.32. The first-order chi connectivity index (χ1) is 12.6. The van der Waals surface area contributed by atoms with Gasteiger partial charge in [0.25, 0.3) is 0 Å². The molecule has 0 aromatic heterocycles. The number of hydrogen-bond acceptors (Lipinski definition) is 3. The number of methoxy groups -OCH3 is 1. The molecule has 3 nitrogen and oxygen atoms in total. The topological polar surface area (TPSA) is 30.5 Å². The molecule has 146 valence electrons. The summed E-state index contributed by atoms with van der Waals surface area (Å²) in [4.78, 5) is 0. The number of hydrogen-bond donors (Lipinski definition) is 1. The van der Waals surface area contributed by atoms with Gasteiger partial charge in [-0.3, -0.25) is 0 Å². The predicted octanol–water partition coefficient (Wildman–Crippen LogP) is 4.93. The fraction of sp³-hybridized carbons (Fsp3) is 0.714. The van der Waals surface area contributed by atoms with Crippen LogP contribution < -0.4 is 5.32 Å². The summed E-state index contributed by atoms with van der Waals surface area (Å²) < 4.78 is 24.6. The number of rotatable bonds is 7. The van der Waals surface area contributed by atoms with Crippen LogP contribution in [0.15, 0.2) is 18.2 Å². The maximum Gasteiger partial charge on any atom is 0.142 e. The molecular formula is C21H31ClFNO2. The minimum atomic E-state index is -0.296. The molecule has 0 radical (unpaired) electrons. The summed E-state index contributed by atoms with van der Waals surface area (Å²) in [6.45, 7) is 3.41. The summed E-state index contributed by atoms with van der Waals surface area (Å²) >= 11 is 6.17. The zero-order valence-corrected chi connectivity index (χ0v) is 16.5. The Kier molecular flexibility index (Phi) is 7.33. The molecule has 0 bridgehead atoms. The lowest BCUT2D eigenvalue weighted by Gasteiger charge is -2.38. The minimum absolute atomic E-state index is 0.0826. The van der Waals surface area contributed by atoms with Crippen LogP contribution in [-0.2, 0) is 9.47 Å². The van der Waals surface area contributed by atoms with Crippen molar-refractivity contribution in [3.8, 4) is 0 Å². The van der Waals surface area contributed by atoms with E-state index >= 15 is 0 Å². The van der Waals surface area contributed by atoms with E-state index in [1.807, 2.05) is 6.07 Å². The van der Waals surface area contributed by atoms with E-state index < -0.39 is 0 Å². The van der Waals surface area contributed by atoms with Crippen LogP contribution in [0.1, 0.15) is 56.4 Å². The highest BCUT2D eigenvalue weighted by Crippen LogP contribution is 2.40. The molecule has 1 heterocycles. The average molecular weight is 384 g/mol. The quantitative estimate of drug-likeness (QED) is 0.724. The van der Waals surface area contributed by atoms with Gasteiger partial charge in [-0.05, 0) is 75.0 Å². The Bertz CT molecular complexity index is 564. The Morgan fingerprint density at radius 3 is 2.65 bits per heavy atom. The molecule has 26 heavy (non-hydrogen) atoms. The second kappa shape index (κ2) is 9.50. The summed E-state index contributed by atoms with van der Waals surface area (Å²) in [5, 5.41) is 4.09. The van der Waals surface area contributed by atoms with Crippen LogP contribution in [0.4, 0.5) is 4.39 Å². The van der Waals surface area contributed by atoms with Crippen LogP contribution in [-0.4, -0.2) is 39.0 Å². The van der Waals surface area contributed by atoms with E-state index in [0.29, 0.717) is 10.9 Å². The average Bonchev–Trinajstić information content (AvgIpc) is 2.66. The zero-order valence-electron chi connectivity index (χ0n) is 15.7. The molecule has 0 unspecified atom stereocenters.